The van der Waals surface area contributed by atoms with Crippen molar-refractivity contribution in [3.8, 4) is 0 Å². The van der Waals surface area contributed by atoms with E-state index in [1.165, 1.54) is 0 Å². The molecule has 112 valence electrons. The first-order valence-corrected chi connectivity index (χ1v) is 7.72. The summed E-state index contributed by atoms with van der Waals surface area (Å²) in [6.07, 6.45) is 1.66. The van der Waals surface area contributed by atoms with Crippen LogP contribution in [0.15, 0.2) is 0 Å². The molecular weight excluding hydrogens is 238 g/mol. The largest absolute Gasteiger partial charge is 0.314 e. The van der Waals surface area contributed by atoms with Crippen LogP contribution in [0, 0.1) is 5.92 Å². The van der Waals surface area contributed by atoms with E-state index >= 15 is 0 Å². The van der Waals surface area contributed by atoms with Gasteiger partial charge in [-0.25, -0.2) is 0 Å². The Balaban J connectivity index is 2.42. The fourth-order valence-electron chi connectivity index (χ4n) is 2.89. The molecule has 0 aromatic rings. The highest BCUT2D eigenvalue weighted by Crippen LogP contribution is 2.13. The number of Topliss-reactive ketones (excluding diaryl/α,β-unsaturated/α-hetero) is 1. The molecule has 0 saturated carbocycles. The van der Waals surface area contributed by atoms with Crippen LogP contribution in [0.5, 0.6) is 0 Å². The number of piperazine rings is 1. The number of hydrogen-bond acceptors (Lipinski definition) is 4. The van der Waals surface area contributed by atoms with Gasteiger partial charge in [-0.3, -0.25) is 14.6 Å². The molecular formula is C15H31N3O. The molecule has 1 fully saturated rings. The van der Waals surface area contributed by atoms with E-state index in [0.717, 1.165) is 45.7 Å². The zero-order valence-corrected chi connectivity index (χ0v) is 13.1. The van der Waals surface area contributed by atoms with Crippen LogP contribution < -0.4 is 5.32 Å². The molecule has 1 atom stereocenters. The van der Waals surface area contributed by atoms with Crippen molar-refractivity contribution >= 4 is 5.78 Å². The van der Waals surface area contributed by atoms with E-state index in [2.05, 4.69) is 42.9 Å². The van der Waals surface area contributed by atoms with Gasteiger partial charge in [0.2, 0.25) is 0 Å². The van der Waals surface area contributed by atoms with Gasteiger partial charge in [0.25, 0.3) is 0 Å². The summed E-state index contributed by atoms with van der Waals surface area (Å²) in [6, 6.07) is 0.0860. The Morgan fingerprint density at radius 2 is 1.95 bits per heavy atom. The number of carbonyl (C=O) groups is 1. The van der Waals surface area contributed by atoms with Crippen molar-refractivity contribution in [2.24, 2.45) is 5.92 Å². The van der Waals surface area contributed by atoms with Gasteiger partial charge in [-0.1, -0.05) is 20.8 Å². The highest BCUT2D eigenvalue weighted by Gasteiger charge is 2.25. The smallest absolute Gasteiger partial charge is 0.150 e. The Kier molecular flexibility index (Phi) is 7.57. The van der Waals surface area contributed by atoms with Crippen LogP contribution in [0.3, 0.4) is 0 Å². The number of carbonyl (C=O) groups excluding carboxylic acids is 1. The van der Waals surface area contributed by atoms with Gasteiger partial charge in [0.1, 0.15) is 5.78 Å². The monoisotopic (exact) mass is 269 g/mol. The maximum Gasteiger partial charge on any atom is 0.150 e. The third kappa shape index (κ3) is 5.59. The lowest BCUT2D eigenvalue weighted by Gasteiger charge is -2.33. The second kappa shape index (κ2) is 8.67. The van der Waals surface area contributed by atoms with Crippen LogP contribution in [0.1, 0.15) is 33.6 Å². The summed E-state index contributed by atoms with van der Waals surface area (Å²) >= 11 is 0. The second-order valence-corrected chi connectivity index (χ2v) is 5.98. The van der Waals surface area contributed by atoms with Crippen molar-refractivity contribution < 1.29 is 4.79 Å². The van der Waals surface area contributed by atoms with Crippen LogP contribution in [0.25, 0.3) is 0 Å². The molecule has 0 unspecified atom stereocenters. The summed E-state index contributed by atoms with van der Waals surface area (Å²) in [4.78, 5) is 16.9. The third-order valence-electron chi connectivity index (χ3n) is 3.91. The number of rotatable bonds is 8. The first kappa shape index (κ1) is 16.6. The van der Waals surface area contributed by atoms with Gasteiger partial charge in [0.15, 0.2) is 0 Å². The normalized spacial score (nSPS) is 19.1. The molecule has 0 radical (unpaired) electrons. The fraction of sp³-hybridized carbons (Fsp3) is 0.933. The van der Waals surface area contributed by atoms with E-state index in [4.69, 9.17) is 0 Å². The van der Waals surface area contributed by atoms with Gasteiger partial charge >= 0.3 is 0 Å². The van der Waals surface area contributed by atoms with Crippen molar-refractivity contribution in [1.29, 1.82) is 0 Å². The molecule has 1 heterocycles. The zero-order valence-electron chi connectivity index (χ0n) is 13.1. The topological polar surface area (TPSA) is 35.6 Å². The maximum absolute atomic E-state index is 12.2. The molecule has 4 heteroatoms. The van der Waals surface area contributed by atoms with E-state index < -0.39 is 0 Å². The Morgan fingerprint density at radius 1 is 1.32 bits per heavy atom. The number of nitrogens with zero attached hydrogens (tertiary/aromatic N) is 2. The summed E-state index contributed by atoms with van der Waals surface area (Å²) in [5.74, 6) is 0.799. The van der Waals surface area contributed by atoms with Crippen LogP contribution >= 0.6 is 0 Å². The van der Waals surface area contributed by atoms with E-state index in [-0.39, 0.29) is 6.04 Å². The fourth-order valence-corrected chi connectivity index (χ4v) is 2.89. The predicted octanol–water partition coefficient (Wildman–Crippen LogP) is 1.22. The standard InChI is InChI=1S/C15H31N3O/c1-5-6-14(19)15(13(2)3)17(4)11-12-18-9-7-16-8-10-18/h13,15-16H,5-12H2,1-4H3/t15-/m0/s1. The highest BCUT2D eigenvalue weighted by molar-refractivity contribution is 5.84. The Hall–Kier alpha value is -0.450. The summed E-state index contributed by atoms with van der Waals surface area (Å²) in [5.41, 5.74) is 0. The predicted molar refractivity (Wildman–Crippen MR) is 80.5 cm³/mol. The zero-order chi connectivity index (χ0) is 14.3. The first-order valence-electron chi connectivity index (χ1n) is 7.72. The minimum absolute atomic E-state index is 0.0860. The van der Waals surface area contributed by atoms with Gasteiger partial charge in [-0.15, -0.1) is 0 Å². The van der Waals surface area contributed by atoms with Crippen molar-refractivity contribution in [3.05, 3.63) is 0 Å². The highest BCUT2D eigenvalue weighted by atomic mass is 16.1. The van der Waals surface area contributed by atoms with Crippen molar-refractivity contribution in [2.45, 2.75) is 39.7 Å². The maximum atomic E-state index is 12.2. The van der Waals surface area contributed by atoms with E-state index in [9.17, 15) is 4.79 Å². The van der Waals surface area contributed by atoms with Gasteiger partial charge < -0.3 is 5.32 Å². The summed E-state index contributed by atoms with van der Waals surface area (Å²) < 4.78 is 0. The van der Waals surface area contributed by atoms with Crippen molar-refractivity contribution in [1.82, 2.24) is 15.1 Å². The van der Waals surface area contributed by atoms with Crippen molar-refractivity contribution in [2.75, 3.05) is 46.3 Å². The van der Waals surface area contributed by atoms with Crippen LogP contribution in [-0.2, 0) is 4.79 Å². The van der Waals surface area contributed by atoms with Crippen LogP contribution in [0.4, 0.5) is 0 Å². The number of ketones is 1. The lowest BCUT2D eigenvalue weighted by atomic mass is 9.96. The van der Waals surface area contributed by atoms with E-state index in [1.807, 2.05) is 0 Å². The van der Waals surface area contributed by atoms with Gasteiger partial charge in [0.05, 0.1) is 6.04 Å². The number of hydrogen-bond donors (Lipinski definition) is 1. The lowest BCUT2D eigenvalue weighted by molar-refractivity contribution is -0.125. The minimum Gasteiger partial charge on any atom is -0.314 e. The molecule has 0 bridgehead atoms. The molecule has 1 aliphatic rings. The van der Waals surface area contributed by atoms with Crippen molar-refractivity contribution in [3.63, 3.8) is 0 Å². The van der Waals surface area contributed by atoms with Gasteiger partial charge in [0, 0.05) is 45.7 Å². The number of likely N-dealkylation sites (N-methyl/N-ethyl adjacent to an activating group) is 1. The Morgan fingerprint density at radius 3 is 2.47 bits per heavy atom. The lowest BCUT2D eigenvalue weighted by Crippen LogP contribution is -2.49. The summed E-state index contributed by atoms with van der Waals surface area (Å²) in [6.45, 7) is 12.9. The van der Waals surface area contributed by atoms with Crippen LogP contribution in [0.2, 0.25) is 0 Å². The Labute approximate surface area is 118 Å². The average molecular weight is 269 g/mol. The van der Waals surface area contributed by atoms with Gasteiger partial charge in [-0.2, -0.15) is 0 Å². The Bertz CT molecular complexity index is 262. The second-order valence-electron chi connectivity index (χ2n) is 5.98. The molecule has 1 rings (SSSR count). The average Bonchev–Trinajstić information content (AvgIpc) is 2.37. The quantitative estimate of drug-likeness (QED) is 0.719. The minimum atomic E-state index is 0.0860. The molecule has 0 amide bonds. The SMILES string of the molecule is CCCC(=O)[C@H](C(C)C)N(C)CCN1CCNCC1. The summed E-state index contributed by atoms with van der Waals surface area (Å²) in [7, 11) is 2.10. The first-order chi connectivity index (χ1) is 9.06. The molecule has 0 aromatic heterocycles. The molecule has 1 N–H and O–H groups in total. The number of nitrogens with one attached hydrogen (secondary N) is 1. The van der Waals surface area contributed by atoms with Gasteiger partial charge in [-0.05, 0) is 19.4 Å². The summed E-state index contributed by atoms with van der Waals surface area (Å²) in [5, 5.41) is 3.37. The molecule has 4 nitrogen and oxygen atoms in total. The molecule has 0 aromatic carbocycles. The van der Waals surface area contributed by atoms with E-state index in [1.54, 1.807) is 0 Å². The molecule has 0 spiro atoms. The van der Waals surface area contributed by atoms with Crippen LogP contribution in [-0.4, -0.2) is 67.9 Å². The van der Waals surface area contributed by atoms with E-state index in [0.29, 0.717) is 18.1 Å². The molecule has 0 aliphatic carbocycles. The third-order valence-corrected chi connectivity index (χ3v) is 3.91. The molecule has 1 aliphatic heterocycles. The molecule has 1 saturated heterocycles. The molecule has 19 heavy (non-hydrogen) atoms.